The van der Waals surface area contributed by atoms with E-state index >= 15 is 0 Å². The predicted octanol–water partition coefficient (Wildman–Crippen LogP) is 1.84. The Bertz CT molecular complexity index is 109. The first-order chi connectivity index (χ1) is 4.61. The van der Waals surface area contributed by atoms with Gasteiger partial charge in [0, 0.05) is 6.54 Å². The molecule has 0 spiro atoms. The van der Waals surface area contributed by atoms with Gasteiger partial charge in [0.1, 0.15) is 0 Å². The van der Waals surface area contributed by atoms with Crippen molar-refractivity contribution in [3.05, 3.63) is 0 Å². The Morgan fingerprint density at radius 2 is 2.00 bits per heavy atom. The summed E-state index contributed by atoms with van der Waals surface area (Å²) in [6.45, 7) is 5.99. The largest absolute Gasteiger partial charge is 0.309 e. The van der Waals surface area contributed by atoms with Crippen LogP contribution in [0.2, 0.25) is 0 Å². The van der Waals surface area contributed by atoms with Gasteiger partial charge in [0.05, 0.1) is 0 Å². The Morgan fingerprint density at radius 1 is 1.50 bits per heavy atom. The number of rotatable bonds is 3. The van der Waals surface area contributed by atoms with Crippen LogP contribution in [0.4, 0.5) is 0 Å². The molecule has 60 valence electrons. The molecule has 1 fully saturated rings. The highest BCUT2D eigenvalue weighted by Gasteiger charge is 2.36. The molecule has 0 aromatic heterocycles. The third-order valence-electron chi connectivity index (χ3n) is 2.56. The summed E-state index contributed by atoms with van der Waals surface area (Å²) in [5.74, 6) is 2.95. The topological polar surface area (TPSA) is 3.24 Å². The standard InChI is InChI=1S/C9H19N/c1-7-5-9(7)8(2)6-10(3)4/h7-9H,5-6H2,1-4H3. The van der Waals surface area contributed by atoms with Crippen molar-refractivity contribution < 1.29 is 0 Å². The Labute approximate surface area is 64.4 Å². The van der Waals surface area contributed by atoms with E-state index in [0.717, 1.165) is 17.8 Å². The lowest BCUT2D eigenvalue weighted by Gasteiger charge is -2.16. The summed E-state index contributed by atoms with van der Waals surface area (Å²) in [6.07, 6.45) is 1.47. The molecule has 0 aromatic carbocycles. The highest BCUT2D eigenvalue weighted by molar-refractivity contribution is 4.86. The summed E-state index contributed by atoms with van der Waals surface area (Å²) in [6, 6.07) is 0. The monoisotopic (exact) mass is 141 g/mol. The number of hydrogen-bond donors (Lipinski definition) is 0. The van der Waals surface area contributed by atoms with Crippen molar-refractivity contribution in [2.24, 2.45) is 17.8 Å². The molecule has 0 N–H and O–H groups in total. The van der Waals surface area contributed by atoms with Crippen molar-refractivity contribution in [3.8, 4) is 0 Å². The molecule has 0 saturated heterocycles. The zero-order valence-electron chi connectivity index (χ0n) is 7.59. The molecule has 0 bridgehead atoms. The summed E-state index contributed by atoms with van der Waals surface area (Å²) in [7, 11) is 4.31. The lowest BCUT2D eigenvalue weighted by molar-refractivity contribution is 0.311. The first-order valence-corrected chi connectivity index (χ1v) is 4.26. The molecule has 0 aliphatic heterocycles. The van der Waals surface area contributed by atoms with Gasteiger partial charge in [0.25, 0.3) is 0 Å². The van der Waals surface area contributed by atoms with Crippen LogP contribution in [0.15, 0.2) is 0 Å². The molecule has 1 aliphatic carbocycles. The van der Waals surface area contributed by atoms with E-state index in [4.69, 9.17) is 0 Å². The van der Waals surface area contributed by atoms with Crippen LogP contribution in [-0.4, -0.2) is 25.5 Å². The van der Waals surface area contributed by atoms with Crippen molar-refractivity contribution >= 4 is 0 Å². The first-order valence-electron chi connectivity index (χ1n) is 4.26. The third-order valence-corrected chi connectivity index (χ3v) is 2.56. The normalized spacial score (nSPS) is 34.5. The summed E-state index contributed by atoms with van der Waals surface area (Å²) in [4.78, 5) is 2.29. The van der Waals surface area contributed by atoms with Gasteiger partial charge in [0.2, 0.25) is 0 Å². The van der Waals surface area contributed by atoms with E-state index in [0.29, 0.717) is 0 Å². The van der Waals surface area contributed by atoms with Gasteiger partial charge >= 0.3 is 0 Å². The number of hydrogen-bond acceptors (Lipinski definition) is 1. The summed E-state index contributed by atoms with van der Waals surface area (Å²) >= 11 is 0. The lowest BCUT2D eigenvalue weighted by atomic mass is 10.1. The van der Waals surface area contributed by atoms with Crippen LogP contribution in [0.5, 0.6) is 0 Å². The average molecular weight is 141 g/mol. The highest BCUT2D eigenvalue weighted by atomic mass is 15.1. The maximum absolute atomic E-state index is 2.37. The molecule has 1 nitrogen and oxygen atoms in total. The van der Waals surface area contributed by atoms with Gasteiger partial charge in [0.15, 0.2) is 0 Å². The van der Waals surface area contributed by atoms with E-state index in [1.807, 2.05) is 0 Å². The van der Waals surface area contributed by atoms with Crippen molar-refractivity contribution in [2.75, 3.05) is 20.6 Å². The van der Waals surface area contributed by atoms with Gasteiger partial charge in [-0.2, -0.15) is 0 Å². The van der Waals surface area contributed by atoms with E-state index in [1.54, 1.807) is 0 Å². The van der Waals surface area contributed by atoms with Crippen LogP contribution < -0.4 is 0 Å². The van der Waals surface area contributed by atoms with Gasteiger partial charge in [-0.25, -0.2) is 0 Å². The van der Waals surface area contributed by atoms with Crippen molar-refractivity contribution in [1.29, 1.82) is 0 Å². The van der Waals surface area contributed by atoms with Gasteiger partial charge in [-0.15, -0.1) is 0 Å². The maximum atomic E-state index is 2.37. The fourth-order valence-electron chi connectivity index (χ4n) is 1.86. The fraction of sp³-hybridized carbons (Fsp3) is 1.00. The summed E-state index contributed by atoms with van der Waals surface area (Å²) in [5, 5.41) is 0. The molecule has 1 heteroatoms. The van der Waals surface area contributed by atoms with Crippen LogP contribution in [0.3, 0.4) is 0 Å². The molecule has 0 heterocycles. The second-order valence-corrected chi connectivity index (χ2v) is 4.12. The minimum absolute atomic E-state index is 0.907. The molecule has 0 amide bonds. The Kier molecular flexibility index (Phi) is 2.35. The van der Waals surface area contributed by atoms with Gasteiger partial charge in [-0.3, -0.25) is 0 Å². The molecule has 0 radical (unpaired) electrons. The Hall–Kier alpha value is -0.0400. The summed E-state index contributed by atoms with van der Waals surface area (Å²) in [5.41, 5.74) is 0. The zero-order valence-corrected chi connectivity index (χ0v) is 7.59. The van der Waals surface area contributed by atoms with Crippen molar-refractivity contribution in [2.45, 2.75) is 20.3 Å². The highest BCUT2D eigenvalue weighted by Crippen LogP contribution is 2.43. The molecule has 1 rings (SSSR count). The molecule has 3 atom stereocenters. The van der Waals surface area contributed by atoms with Crippen LogP contribution >= 0.6 is 0 Å². The van der Waals surface area contributed by atoms with Crippen LogP contribution in [0.25, 0.3) is 0 Å². The van der Waals surface area contributed by atoms with Crippen LogP contribution in [0.1, 0.15) is 20.3 Å². The van der Waals surface area contributed by atoms with E-state index in [1.165, 1.54) is 13.0 Å². The molecule has 0 aromatic rings. The summed E-state index contributed by atoms with van der Waals surface area (Å²) < 4.78 is 0. The Balaban J connectivity index is 2.16. The van der Waals surface area contributed by atoms with Crippen molar-refractivity contribution in [3.63, 3.8) is 0 Å². The van der Waals surface area contributed by atoms with Crippen LogP contribution in [0, 0.1) is 17.8 Å². The molecule has 1 saturated carbocycles. The maximum Gasteiger partial charge on any atom is 0.000367 e. The molecular formula is C9H19N. The second-order valence-electron chi connectivity index (χ2n) is 4.12. The second kappa shape index (κ2) is 2.91. The SMILES string of the molecule is CC1CC1C(C)CN(C)C. The Morgan fingerprint density at radius 3 is 2.30 bits per heavy atom. The van der Waals surface area contributed by atoms with Gasteiger partial charge in [-0.1, -0.05) is 13.8 Å². The third kappa shape index (κ3) is 1.98. The van der Waals surface area contributed by atoms with Gasteiger partial charge < -0.3 is 4.90 Å². The molecular weight excluding hydrogens is 122 g/mol. The van der Waals surface area contributed by atoms with E-state index in [-0.39, 0.29) is 0 Å². The van der Waals surface area contributed by atoms with Crippen LogP contribution in [-0.2, 0) is 0 Å². The van der Waals surface area contributed by atoms with Gasteiger partial charge in [-0.05, 0) is 38.3 Å². The lowest BCUT2D eigenvalue weighted by Crippen LogP contribution is -2.21. The number of nitrogens with zero attached hydrogens (tertiary/aromatic N) is 1. The van der Waals surface area contributed by atoms with E-state index < -0.39 is 0 Å². The van der Waals surface area contributed by atoms with Crippen molar-refractivity contribution in [1.82, 2.24) is 4.90 Å². The average Bonchev–Trinajstić information content (AvgIpc) is 2.44. The molecule has 10 heavy (non-hydrogen) atoms. The first kappa shape index (κ1) is 8.06. The molecule has 1 aliphatic rings. The zero-order chi connectivity index (χ0) is 7.72. The minimum Gasteiger partial charge on any atom is -0.309 e. The molecule has 3 unspecified atom stereocenters. The predicted molar refractivity (Wildman–Crippen MR) is 45.0 cm³/mol. The smallest absolute Gasteiger partial charge is 0.000367 e. The quantitative estimate of drug-likeness (QED) is 0.579. The fourth-order valence-corrected chi connectivity index (χ4v) is 1.86. The minimum atomic E-state index is 0.907. The van der Waals surface area contributed by atoms with E-state index in [9.17, 15) is 0 Å². The van der Waals surface area contributed by atoms with E-state index in [2.05, 4.69) is 32.8 Å².